The third-order valence-corrected chi connectivity index (χ3v) is 17.7. The van der Waals surface area contributed by atoms with E-state index in [4.69, 9.17) is 12.1 Å². The van der Waals surface area contributed by atoms with Gasteiger partial charge in [0.1, 0.15) is 0 Å². The smallest absolute Gasteiger partial charge is 0.314 e. The first-order valence-corrected chi connectivity index (χ1v) is 26.4. The number of benzene rings is 8. The van der Waals surface area contributed by atoms with Crippen molar-refractivity contribution in [3.05, 3.63) is 224 Å². The van der Waals surface area contributed by atoms with Crippen LogP contribution in [0.25, 0.3) is 44.5 Å². The second kappa shape index (κ2) is 18.3. The van der Waals surface area contributed by atoms with Crippen molar-refractivity contribution < 1.29 is 4.80 Å². The quantitative estimate of drug-likeness (QED) is 0.104. The lowest BCUT2D eigenvalue weighted by molar-refractivity contribution is 0.585. The monoisotopic (exact) mass is 884 g/mol. The largest absolute Gasteiger partial charge is 0.417 e. The summed E-state index contributed by atoms with van der Waals surface area (Å²) in [7, 11) is -3.71. The van der Waals surface area contributed by atoms with Gasteiger partial charge in [-0.3, -0.25) is 0 Å². The van der Waals surface area contributed by atoms with Crippen LogP contribution in [-0.4, -0.2) is 12.3 Å². The molecule has 0 bridgehead atoms. The van der Waals surface area contributed by atoms with E-state index in [1.54, 1.807) is 0 Å². The summed E-state index contributed by atoms with van der Waals surface area (Å²) in [5, 5.41) is 1.86. The van der Waals surface area contributed by atoms with Crippen LogP contribution in [0.5, 0.6) is 0 Å². The Morgan fingerprint density at radius 1 is 0.400 bits per heavy atom. The predicted octanol–water partition coefficient (Wildman–Crippen LogP) is 14.8. The number of hydrogen-bond acceptors (Lipinski definition) is 2. The van der Waals surface area contributed by atoms with Crippen molar-refractivity contribution in [2.45, 2.75) is 94.4 Å². The zero-order valence-corrected chi connectivity index (χ0v) is 42.1. The molecule has 8 aromatic carbocycles. The summed E-state index contributed by atoms with van der Waals surface area (Å²) in [4.78, 5) is 13.6. The maximum atomic E-state index is 13.6. The van der Waals surface area contributed by atoms with Crippen molar-refractivity contribution in [1.29, 1.82) is 0 Å². The molecule has 328 valence electrons. The van der Waals surface area contributed by atoms with Gasteiger partial charge in [-0.05, 0) is 201 Å². The Kier molecular flexibility index (Phi) is 12.9. The van der Waals surface area contributed by atoms with E-state index < -0.39 is 7.47 Å². The molecule has 0 aromatic heterocycles. The Labute approximate surface area is 395 Å². The lowest BCUT2D eigenvalue weighted by Crippen LogP contribution is -2.57. The van der Waals surface area contributed by atoms with Gasteiger partial charge in [-0.15, -0.1) is 0 Å². The van der Waals surface area contributed by atoms with Crippen molar-refractivity contribution in [1.82, 2.24) is 0 Å². The Bertz CT molecular complexity index is 2680. The lowest BCUT2D eigenvalue weighted by atomic mass is 9.79. The molecule has 0 aliphatic carbocycles. The molecule has 0 heterocycles. The third kappa shape index (κ3) is 8.87. The van der Waals surface area contributed by atoms with Crippen molar-refractivity contribution >= 4 is 29.9 Å². The normalized spacial score (nSPS) is 12.6. The number of aryl methyl sites for hydroxylation is 8. The summed E-state index contributed by atoms with van der Waals surface area (Å²) in [5.41, 5.74) is 25.9. The van der Waals surface area contributed by atoms with Crippen LogP contribution in [0, 0.1) is 55.4 Å². The van der Waals surface area contributed by atoms with E-state index in [1.807, 2.05) is 18.2 Å². The number of thiol groups is 1. The highest BCUT2D eigenvalue weighted by molar-refractivity contribution is 8.16. The highest BCUT2D eigenvalue weighted by atomic mass is 32.3. The maximum Gasteiger partial charge on any atom is 0.314 e. The minimum absolute atomic E-state index is 0.186. The minimum atomic E-state index is -3.71. The SMILES string of the molecule is Cc1cccc(C)c1-c1cccc(-c2c(C)cccc2C)c1Cc1cc(C(C)(C)C)cc(Cc2c(-c3c(C)cccc3C)cccc2-c2c(C)cccc2C)c1[Si](O)(S)c1ccccc1. The van der Waals surface area contributed by atoms with E-state index in [0.717, 1.165) is 21.5 Å². The fraction of sp³-hybridized carbons (Fsp3) is 0.226. The van der Waals surface area contributed by atoms with Gasteiger partial charge in [0.2, 0.25) is 0 Å². The topological polar surface area (TPSA) is 20.2 Å². The van der Waals surface area contributed by atoms with Gasteiger partial charge in [0, 0.05) is 0 Å². The molecule has 0 amide bonds. The molecule has 8 aromatic rings. The maximum absolute atomic E-state index is 13.6. The van der Waals surface area contributed by atoms with E-state index in [1.165, 1.54) is 106 Å². The van der Waals surface area contributed by atoms with Gasteiger partial charge in [0.15, 0.2) is 0 Å². The zero-order valence-electron chi connectivity index (χ0n) is 40.2. The van der Waals surface area contributed by atoms with Crippen LogP contribution in [0.2, 0.25) is 0 Å². The van der Waals surface area contributed by atoms with Gasteiger partial charge in [-0.1, -0.05) is 172 Å². The highest BCUT2D eigenvalue weighted by Gasteiger charge is 2.38. The molecular formula is C62H64OSSi. The fourth-order valence-corrected chi connectivity index (χ4v) is 14.0. The van der Waals surface area contributed by atoms with Crippen LogP contribution in [0.15, 0.2) is 152 Å². The summed E-state index contributed by atoms with van der Waals surface area (Å²) in [6, 6.07) is 55.3. The van der Waals surface area contributed by atoms with Gasteiger partial charge in [0.25, 0.3) is 0 Å². The molecule has 8 rings (SSSR count). The number of rotatable bonds is 10. The molecule has 0 spiro atoms. The van der Waals surface area contributed by atoms with Gasteiger partial charge >= 0.3 is 7.47 Å². The molecule has 1 unspecified atom stereocenters. The minimum Gasteiger partial charge on any atom is -0.417 e. The summed E-state index contributed by atoms with van der Waals surface area (Å²) < 4.78 is 0. The molecule has 0 aliphatic heterocycles. The summed E-state index contributed by atoms with van der Waals surface area (Å²) in [5.74, 6) is 0. The average Bonchev–Trinajstić information content (AvgIpc) is 3.25. The van der Waals surface area contributed by atoms with Crippen molar-refractivity contribution in [3.63, 3.8) is 0 Å². The molecule has 0 fully saturated rings. The van der Waals surface area contributed by atoms with Gasteiger partial charge in [-0.2, -0.15) is 12.1 Å². The molecule has 1 N–H and O–H groups in total. The Morgan fingerprint density at radius 2 is 0.677 bits per heavy atom. The van der Waals surface area contributed by atoms with Crippen molar-refractivity contribution in [2.75, 3.05) is 0 Å². The standard InChI is InChI=1S/C62H64OSSi/c1-39-21-15-22-40(2)57(39)51-31-19-32-52(58-41(3)23-16-24-42(58)4)55(51)37-47-35-49(62(9,10)11)36-48(61(47)65(63,64)50-29-13-12-14-30-50)38-56-53(59-43(5)25-17-26-44(59)6)33-20-34-54(56)60-45(7)27-18-28-46(60)8/h12-36,63-64H,37-38H2,1-11H3. The second-order valence-corrected chi connectivity index (χ2v) is 23.9. The van der Waals surface area contributed by atoms with E-state index in [-0.39, 0.29) is 5.41 Å². The van der Waals surface area contributed by atoms with Crippen LogP contribution >= 0.6 is 12.1 Å². The summed E-state index contributed by atoms with van der Waals surface area (Å²) >= 11 is 5.55. The molecule has 3 heteroatoms. The van der Waals surface area contributed by atoms with Crippen LogP contribution in [0.3, 0.4) is 0 Å². The lowest BCUT2D eigenvalue weighted by Gasteiger charge is -2.31. The van der Waals surface area contributed by atoms with Gasteiger partial charge in [-0.25, -0.2) is 0 Å². The van der Waals surface area contributed by atoms with Gasteiger partial charge < -0.3 is 4.80 Å². The summed E-state index contributed by atoms with van der Waals surface area (Å²) in [6.45, 7) is 24.8. The van der Waals surface area contributed by atoms with Crippen LogP contribution in [0.1, 0.15) is 93.1 Å². The molecule has 0 radical (unpaired) electrons. The van der Waals surface area contributed by atoms with E-state index in [2.05, 4.69) is 210 Å². The second-order valence-electron chi connectivity index (χ2n) is 19.5. The van der Waals surface area contributed by atoms with Gasteiger partial charge in [0.05, 0.1) is 0 Å². The molecular weight excluding hydrogens is 821 g/mol. The molecule has 1 nitrogen and oxygen atoms in total. The molecule has 65 heavy (non-hydrogen) atoms. The first kappa shape index (κ1) is 45.8. The average molecular weight is 885 g/mol. The predicted molar refractivity (Wildman–Crippen MR) is 286 cm³/mol. The molecule has 0 aliphatic rings. The zero-order chi connectivity index (χ0) is 46.4. The molecule has 1 atom stereocenters. The van der Waals surface area contributed by atoms with Crippen molar-refractivity contribution in [3.8, 4) is 44.5 Å². The molecule has 0 saturated carbocycles. The Morgan fingerprint density at radius 3 is 0.954 bits per heavy atom. The third-order valence-electron chi connectivity index (χ3n) is 13.8. The van der Waals surface area contributed by atoms with Crippen molar-refractivity contribution in [2.24, 2.45) is 0 Å². The first-order valence-electron chi connectivity index (χ1n) is 23.1. The first-order chi connectivity index (χ1) is 31.0. The van der Waals surface area contributed by atoms with Crippen LogP contribution < -0.4 is 10.4 Å². The van der Waals surface area contributed by atoms with Crippen LogP contribution in [0.4, 0.5) is 0 Å². The summed E-state index contributed by atoms with van der Waals surface area (Å²) in [6.07, 6.45) is 1.23. The van der Waals surface area contributed by atoms with E-state index in [0.29, 0.717) is 12.8 Å². The number of hydrogen-bond donors (Lipinski definition) is 2. The highest BCUT2D eigenvalue weighted by Crippen LogP contribution is 2.43. The Hall–Kier alpha value is -5.71. The van der Waals surface area contributed by atoms with E-state index in [9.17, 15) is 4.80 Å². The molecule has 0 saturated heterocycles. The van der Waals surface area contributed by atoms with E-state index >= 15 is 0 Å². The Balaban J connectivity index is 1.50. The van der Waals surface area contributed by atoms with Crippen LogP contribution in [-0.2, 0) is 18.3 Å². The fourth-order valence-electron chi connectivity index (χ4n) is 10.6.